The zero-order chi connectivity index (χ0) is 10.1. The fraction of sp³-hybridized carbons (Fsp3) is 0.200. The van der Waals surface area contributed by atoms with E-state index >= 15 is 0 Å². The topological polar surface area (TPSA) is 35.2 Å². The second-order valence-electron chi connectivity index (χ2n) is 2.95. The molecule has 0 aliphatic carbocycles. The van der Waals surface area contributed by atoms with Gasteiger partial charge in [-0.2, -0.15) is 0 Å². The third kappa shape index (κ3) is 1.42. The Morgan fingerprint density at radius 3 is 2.93 bits per heavy atom. The molecule has 14 heavy (non-hydrogen) atoms. The van der Waals surface area contributed by atoms with Gasteiger partial charge in [0.2, 0.25) is 0 Å². The molecule has 1 aromatic heterocycles. The minimum atomic E-state index is 0.453. The summed E-state index contributed by atoms with van der Waals surface area (Å²) in [5.74, 6) is 1.29. The molecule has 0 spiro atoms. The van der Waals surface area contributed by atoms with E-state index < -0.39 is 0 Å². The Morgan fingerprint density at radius 2 is 2.29 bits per heavy atom. The lowest BCUT2D eigenvalue weighted by Gasteiger charge is -2.06. The van der Waals surface area contributed by atoms with Crippen LogP contribution in [0.15, 0.2) is 18.2 Å². The molecule has 0 saturated carbocycles. The van der Waals surface area contributed by atoms with Crippen LogP contribution in [-0.2, 0) is 5.88 Å². The van der Waals surface area contributed by atoms with Crippen molar-refractivity contribution in [3.8, 4) is 5.75 Å². The lowest BCUT2D eigenvalue weighted by atomic mass is 10.1. The van der Waals surface area contributed by atoms with Crippen molar-refractivity contribution in [2.45, 2.75) is 5.88 Å². The van der Waals surface area contributed by atoms with Gasteiger partial charge in [0, 0.05) is 15.6 Å². The van der Waals surface area contributed by atoms with Crippen molar-refractivity contribution in [1.82, 2.24) is 0 Å². The Labute approximate surface area is 91.2 Å². The van der Waals surface area contributed by atoms with Crippen molar-refractivity contribution >= 4 is 38.0 Å². The summed E-state index contributed by atoms with van der Waals surface area (Å²) in [4.78, 5) is 0. The Hall–Kier alpha value is -0.930. The standard InChI is InChI=1S/C10H10ClNOS/c1-13-10-6(5-11)2-3-8-7(10)4-9(12)14-8/h2-4H,5,12H2,1H3. The summed E-state index contributed by atoms with van der Waals surface area (Å²) in [6.45, 7) is 0. The minimum absolute atomic E-state index is 0.453. The predicted molar refractivity (Wildman–Crippen MR) is 62.3 cm³/mol. The average molecular weight is 228 g/mol. The van der Waals surface area contributed by atoms with Crippen molar-refractivity contribution in [2.24, 2.45) is 0 Å². The summed E-state index contributed by atoms with van der Waals surface area (Å²) in [6, 6.07) is 5.93. The van der Waals surface area contributed by atoms with E-state index in [0.29, 0.717) is 5.88 Å². The highest BCUT2D eigenvalue weighted by Crippen LogP contribution is 2.37. The highest BCUT2D eigenvalue weighted by atomic mass is 35.5. The highest BCUT2D eigenvalue weighted by Gasteiger charge is 2.09. The van der Waals surface area contributed by atoms with E-state index in [1.54, 1.807) is 18.4 Å². The lowest BCUT2D eigenvalue weighted by Crippen LogP contribution is -1.89. The van der Waals surface area contributed by atoms with Gasteiger partial charge in [0.15, 0.2) is 0 Å². The molecule has 0 bridgehead atoms. The van der Waals surface area contributed by atoms with Crippen molar-refractivity contribution < 1.29 is 4.74 Å². The van der Waals surface area contributed by atoms with E-state index in [9.17, 15) is 0 Å². The maximum Gasteiger partial charge on any atom is 0.132 e. The molecule has 0 unspecified atom stereocenters. The molecule has 2 nitrogen and oxygen atoms in total. The second kappa shape index (κ2) is 3.67. The van der Waals surface area contributed by atoms with Crippen LogP contribution in [0.2, 0.25) is 0 Å². The van der Waals surface area contributed by atoms with E-state index in [0.717, 1.165) is 26.4 Å². The van der Waals surface area contributed by atoms with Crippen LogP contribution in [0, 0.1) is 0 Å². The number of methoxy groups -OCH3 is 1. The zero-order valence-corrected chi connectivity index (χ0v) is 9.28. The number of thiophene rings is 1. The Bertz CT molecular complexity index is 466. The first kappa shape index (κ1) is 9.62. The predicted octanol–water partition coefficient (Wildman–Crippen LogP) is 3.23. The smallest absolute Gasteiger partial charge is 0.132 e. The maximum atomic E-state index is 5.81. The second-order valence-corrected chi connectivity index (χ2v) is 4.33. The Balaban J connectivity index is 2.75. The van der Waals surface area contributed by atoms with Gasteiger partial charge < -0.3 is 10.5 Å². The van der Waals surface area contributed by atoms with Gasteiger partial charge in [-0.15, -0.1) is 22.9 Å². The fourth-order valence-electron chi connectivity index (χ4n) is 1.50. The van der Waals surface area contributed by atoms with Gasteiger partial charge >= 0.3 is 0 Å². The van der Waals surface area contributed by atoms with Crippen LogP contribution in [0.3, 0.4) is 0 Å². The number of anilines is 1. The van der Waals surface area contributed by atoms with E-state index in [4.69, 9.17) is 22.1 Å². The number of benzene rings is 1. The van der Waals surface area contributed by atoms with Gasteiger partial charge in [-0.1, -0.05) is 6.07 Å². The molecule has 74 valence electrons. The van der Waals surface area contributed by atoms with Gasteiger partial charge in [-0.3, -0.25) is 0 Å². The molecule has 0 aliphatic heterocycles. The van der Waals surface area contributed by atoms with Crippen LogP contribution in [-0.4, -0.2) is 7.11 Å². The SMILES string of the molecule is COc1c(CCl)ccc2sc(N)cc12. The fourth-order valence-corrected chi connectivity index (χ4v) is 2.54. The van der Waals surface area contributed by atoms with Crippen molar-refractivity contribution in [1.29, 1.82) is 0 Å². The number of rotatable bonds is 2. The molecular formula is C10H10ClNOS. The molecule has 0 atom stereocenters. The zero-order valence-electron chi connectivity index (χ0n) is 7.71. The van der Waals surface area contributed by atoms with Crippen LogP contribution in [0.1, 0.15) is 5.56 Å². The molecular weight excluding hydrogens is 218 g/mol. The summed E-state index contributed by atoms with van der Waals surface area (Å²) in [5, 5.41) is 1.85. The third-order valence-electron chi connectivity index (χ3n) is 2.10. The van der Waals surface area contributed by atoms with Crippen LogP contribution < -0.4 is 10.5 Å². The number of halogens is 1. The van der Waals surface area contributed by atoms with Gasteiger partial charge in [0.05, 0.1) is 18.0 Å². The average Bonchev–Trinajstić information content (AvgIpc) is 2.56. The summed E-state index contributed by atoms with van der Waals surface area (Å²) in [7, 11) is 1.65. The number of ether oxygens (including phenoxy) is 1. The van der Waals surface area contributed by atoms with Crippen molar-refractivity contribution in [3.63, 3.8) is 0 Å². The number of hydrogen-bond donors (Lipinski definition) is 1. The Morgan fingerprint density at radius 1 is 1.50 bits per heavy atom. The maximum absolute atomic E-state index is 5.81. The van der Waals surface area contributed by atoms with E-state index in [1.165, 1.54) is 0 Å². The quantitative estimate of drug-likeness (QED) is 0.800. The first-order valence-corrected chi connectivity index (χ1v) is 5.52. The monoisotopic (exact) mass is 227 g/mol. The molecule has 0 radical (unpaired) electrons. The van der Waals surface area contributed by atoms with E-state index in [-0.39, 0.29) is 0 Å². The summed E-state index contributed by atoms with van der Waals surface area (Å²) in [6.07, 6.45) is 0. The molecule has 1 aromatic carbocycles. The number of nitrogens with two attached hydrogens (primary N) is 1. The first-order chi connectivity index (χ1) is 6.76. The summed E-state index contributed by atoms with van der Waals surface area (Å²) < 4.78 is 6.46. The molecule has 2 aromatic rings. The first-order valence-electron chi connectivity index (χ1n) is 4.17. The molecule has 0 fully saturated rings. The van der Waals surface area contributed by atoms with Gasteiger partial charge in [-0.25, -0.2) is 0 Å². The largest absolute Gasteiger partial charge is 0.496 e. The van der Waals surface area contributed by atoms with E-state index in [1.807, 2.05) is 18.2 Å². The number of hydrogen-bond acceptors (Lipinski definition) is 3. The molecule has 2 N–H and O–H groups in total. The van der Waals surface area contributed by atoms with Gasteiger partial charge in [-0.05, 0) is 12.1 Å². The number of nitrogen functional groups attached to an aromatic ring is 1. The van der Waals surface area contributed by atoms with Crippen molar-refractivity contribution in [3.05, 3.63) is 23.8 Å². The van der Waals surface area contributed by atoms with Gasteiger partial charge in [0.1, 0.15) is 5.75 Å². The summed E-state index contributed by atoms with van der Waals surface area (Å²) >= 11 is 7.37. The summed E-state index contributed by atoms with van der Waals surface area (Å²) in [5.41, 5.74) is 6.74. The van der Waals surface area contributed by atoms with Crippen LogP contribution in [0.5, 0.6) is 5.75 Å². The van der Waals surface area contributed by atoms with Crippen LogP contribution in [0.25, 0.3) is 10.1 Å². The van der Waals surface area contributed by atoms with E-state index in [2.05, 4.69) is 0 Å². The lowest BCUT2D eigenvalue weighted by molar-refractivity contribution is 0.416. The number of alkyl halides is 1. The highest BCUT2D eigenvalue weighted by molar-refractivity contribution is 7.22. The molecule has 0 amide bonds. The van der Waals surface area contributed by atoms with Crippen molar-refractivity contribution in [2.75, 3.05) is 12.8 Å². The molecule has 0 aliphatic rings. The molecule has 2 rings (SSSR count). The minimum Gasteiger partial charge on any atom is -0.496 e. The van der Waals surface area contributed by atoms with Crippen LogP contribution >= 0.6 is 22.9 Å². The molecule has 1 heterocycles. The molecule has 4 heteroatoms. The van der Waals surface area contributed by atoms with Gasteiger partial charge in [0.25, 0.3) is 0 Å². The normalized spacial score (nSPS) is 10.7. The Kier molecular flexibility index (Phi) is 2.52. The van der Waals surface area contributed by atoms with Crippen LogP contribution in [0.4, 0.5) is 5.00 Å². The molecule has 0 saturated heterocycles. The number of fused-ring (bicyclic) bond motifs is 1. The third-order valence-corrected chi connectivity index (χ3v) is 3.32.